The highest BCUT2D eigenvalue weighted by Gasteiger charge is 2.10. The molecule has 2 N–H and O–H groups in total. The third-order valence-corrected chi connectivity index (χ3v) is 2.80. The van der Waals surface area contributed by atoms with Crippen molar-refractivity contribution in [2.24, 2.45) is 0 Å². The minimum absolute atomic E-state index is 0.248. The van der Waals surface area contributed by atoms with E-state index in [0.717, 1.165) is 0 Å². The molecule has 20 heavy (non-hydrogen) atoms. The van der Waals surface area contributed by atoms with Crippen LogP contribution in [0.4, 0.5) is 11.6 Å². The molecule has 0 bridgehead atoms. The number of halogens is 2. The number of nitrogens with zero attached hydrogens (tertiary/aromatic N) is 2. The van der Waals surface area contributed by atoms with E-state index in [0.29, 0.717) is 28.8 Å². The van der Waals surface area contributed by atoms with Gasteiger partial charge in [-0.25, -0.2) is 9.97 Å². The Kier molecular flexibility index (Phi) is 4.76. The maximum absolute atomic E-state index is 12.1. The van der Waals surface area contributed by atoms with Crippen molar-refractivity contribution in [2.45, 2.75) is 6.92 Å². The molecule has 0 unspecified atom stereocenters. The van der Waals surface area contributed by atoms with E-state index < -0.39 is 0 Å². The van der Waals surface area contributed by atoms with Gasteiger partial charge in [-0.3, -0.25) is 4.79 Å². The van der Waals surface area contributed by atoms with Crippen LogP contribution in [0.3, 0.4) is 0 Å². The molecule has 0 spiro atoms. The number of carbonyl (C=O) groups is 1. The van der Waals surface area contributed by atoms with Gasteiger partial charge in [-0.1, -0.05) is 23.2 Å². The molecule has 5 nitrogen and oxygen atoms in total. The van der Waals surface area contributed by atoms with Gasteiger partial charge in [0, 0.05) is 18.3 Å². The molecule has 0 aliphatic rings. The SMILES string of the molecule is CCNc1cc(C(=O)Nc2ccc(Cl)cn2)cc(Cl)n1. The lowest BCUT2D eigenvalue weighted by atomic mass is 10.2. The summed E-state index contributed by atoms with van der Waals surface area (Å²) in [4.78, 5) is 20.2. The number of rotatable bonds is 4. The van der Waals surface area contributed by atoms with Crippen molar-refractivity contribution in [3.8, 4) is 0 Å². The first-order chi connectivity index (χ1) is 9.58. The minimum atomic E-state index is -0.316. The molecule has 0 atom stereocenters. The zero-order chi connectivity index (χ0) is 14.5. The van der Waals surface area contributed by atoms with Crippen LogP contribution in [0.25, 0.3) is 0 Å². The van der Waals surface area contributed by atoms with Gasteiger partial charge in [0.25, 0.3) is 5.91 Å². The van der Waals surface area contributed by atoms with Crippen molar-refractivity contribution in [1.82, 2.24) is 9.97 Å². The fourth-order valence-corrected chi connectivity index (χ4v) is 1.86. The van der Waals surface area contributed by atoms with Crippen LogP contribution >= 0.6 is 23.2 Å². The summed E-state index contributed by atoms with van der Waals surface area (Å²) in [6.45, 7) is 2.62. The summed E-state index contributed by atoms with van der Waals surface area (Å²) in [5, 5.41) is 6.42. The summed E-state index contributed by atoms with van der Waals surface area (Å²) in [7, 11) is 0. The Morgan fingerprint density at radius 1 is 1.25 bits per heavy atom. The molecule has 0 aliphatic carbocycles. The number of carbonyl (C=O) groups excluding carboxylic acids is 1. The Morgan fingerprint density at radius 2 is 2.05 bits per heavy atom. The topological polar surface area (TPSA) is 66.9 Å². The summed E-state index contributed by atoms with van der Waals surface area (Å²) in [5.74, 6) is 0.648. The quantitative estimate of drug-likeness (QED) is 0.849. The fraction of sp³-hybridized carbons (Fsp3) is 0.154. The number of aromatic nitrogens is 2. The Bertz CT molecular complexity index is 616. The second-order valence-electron chi connectivity index (χ2n) is 3.91. The highest BCUT2D eigenvalue weighted by atomic mass is 35.5. The summed E-state index contributed by atoms with van der Waals surface area (Å²) in [6.07, 6.45) is 1.46. The van der Waals surface area contributed by atoms with Crippen LogP contribution in [-0.4, -0.2) is 22.4 Å². The molecule has 2 aromatic rings. The molecule has 1 amide bonds. The number of pyridine rings is 2. The minimum Gasteiger partial charge on any atom is -0.370 e. The van der Waals surface area contributed by atoms with Gasteiger partial charge in [0.05, 0.1) is 5.02 Å². The van der Waals surface area contributed by atoms with Crippen LogP contribution in [0.15, 0.2) is 30.5 Å². The second kappa shape index (κ2) is 6.54. The van der Waals surface area contributed by atoms with Crippen molar-refractivity contribution < 1.29 is 4.79 Å². The van der Waals surface area contributed by atoms with Gasteiger partial charge < -0.3 is 10.6 Å². The van der Waals surface area contributed by atoms with Gasteiger partial charge in [-0.15, -0.1) is 0 Å². The summed E-state index contributed by atoms with van der Waals surface area (Å²) in [5.41, 5.74) is 0.401. The summed E-state index contributed by atoms with van der Waals surface area (Å²) in [6, 6.07) is 6.39. The van der Waals surface area contributed by atoms with Gasteiger partial charge >= 0.3 is 0 Å². The highest BCUT2D eigenvalue weighted by molar-refractivity contribution is 6.30. The van der Waals surface area contributed by atoms with E-state index >= 15 is 0 Å². The van der Waals surface area contributed by atoms with Crippen LogP contribution in [0, 0.1) is 0 Å². The predicted octanol–water partition coefficient (Wildman–Crippen LogP) is 3.47. The number of nitrogens with one attached hydrogen (secondary N) is 2. The zero-order valence-corrected chi connectivity index (χ0v) is 12.2. The average Bonchev–Trinajstić information content (AvgIpc) is 2.41. The normalized spacial score (nSPS) is 10.2. The van der Waals surface area contributed by atoms with E-state index in [-0.39, 0.29) is 11.1 Å². The smallest absolute Gasteiger partial charge is 0.257 e. The zero-order valence-electron chi connectivity index (χ0n) is 10.7. The lowest BCUT2D eigenvalue weighted by Gasteiger charge is -2.07. The van der Waals surface area contributed by atoms with Crippen LogP contribution in [0.5, 0.6) is 0 Å². The summed E-state index contributed by atoms with van der Waals surface area (Å²) >= 11 is 11.6. The van der Waals surface area contributed by atoms with Crippen molar-refractivity contribution in [2.75, 3.05) is 17.2 Å². The Balaban J connectivity index is 2.18. The van der Waals surface area contributed by atoms with Crippen molar-refractivity contribution in [1.29, 1.82) is 0 Å². The molecule has 0 aromatic carbocycles. The monoisotopic (exact) mass is 310 g/mol. The molecule has 0 radical (unpaired) electrons. The molecule has 0 aliphatic heterocycles. The van der Waals surface area contributed by atoms with Crippen LogP contribution in [-0.2, 0) is 0 Å². The first kappa shape index (κ1) is 14.6. The van der Waals surface area contributed by atoms with E-state index in [1.807, 2.05) is 6.92 Å². The van der Waals surface area contributed by atoms with E-state index in [1.54, 1.807) is 18.2 Å². The molecule has 104 valence electrons. The molecule has 0 saturated carbocycles. The van der Waals surface area contributed by atoms with Crippen LogP contribution in [0.1, 0.15) is 17.3 Å². The second-order valence-corrected chi connectivity index (χ2v) is 4.73. The predicted molar refractivity (Wildman–Crippen MR) is 80.6 cm³/mol. The largest absolute Gasteiger partial charge is 0.370 e. The van der Waals surface area contributed by atoms with Crippen LogP contribution < -0.4 is 10.6 Å². The molecule has 0 saturated heterocycles. The Hall–Kier alpha value is -1.85. The van der Waals surface area contributed by atoms with E-state index in [9.17, 15) is 4.79 Å². The average molecular weight is 311 g/mol. The Morgan fingerprint density at radius 3 is 2.70 bits per heavy atom. The van der Waals surface area contributed by atoms with Gasteiger partial charge in [-0.2, -0.15) is 0 Å². The molecule has 7 heteroatoms. The highest BCUT2D eigenvalue weighted by Crippen LogP contribution is 2.16. The van der Waals surface area contributed by atoms with Crippen LogP contribution in [0.2, 0.25) is 10.2 Å². The molecular formula is C13H12Cl2N4O. The molecular weight excluding hydrogens is 299 g/mol. The van der Waals surface area contributed by atoms with E-state index in [4.69, 9.17) is 23.2 Å². The molecule has 2 rings (SSSR count). The number of hydrogen-bond donors (Lipinski definition) is 2. The number of anilines is 2. The standard InChI is InChI=1S/C13H12Cl2N4O/c1-2-16-12-6-8(5-10(15)18-12)13(20)19-11-4-3-9(14)7-17-11/h3-7H,2H2,1H3,(H,16,18)(H,17,19,20). The van der Waals surface area contributed by atoms with E-state index in [2.05, 4.69) is 20.6 Å². The molecule has 2 heterocycles. The maximum atomic E-state index is 12.1. The lowest BCUT2D eigenvalue weighted by molar-refractivity contribution is 0.102. The van der Waals surface area contributed by atoms with Gasteiger partial charge in [0.1, 0.15) is 16.8 Å². The maximum Gasteiger partial charge on any atom is 0.257 e. The third kappa shape index (κ3) is 3.82. The first-order valence-corrected chi connectivity index (χ1v) is 6.68. The van der Waals surface area contributed by atoms with Crippen molar-refractivity contribution in [3.63, 3.8) is 0 Å². The van der Waals surface area contributed by atoms with Gasteiger partial charge in [0.15, 0.2) is 0 Å². The molecule has 0 fully saturated rings. The summed E-state index contributed by atoms with van der Waals surface area (Å²) < 4.78 is 0. The van der Waals surface area contributed by atoms with Crippen molar-refractivity contribution in [3.05, 3.63) is 46.2 Å². The Labute approximate surface area is 126 Å². The third-order valence-electron chi connectivity index (χ3n) is 2.38. The fourth-order valence-electron chi connectivity index (χ4n) is 1.54. The van der Waals surface area contributed by atoms with Gasteiger partial charge in [0.2, 0.25) is 0 Å². The van der Waals surface area contributed by atoms with Crippen molar-refractivity contribution >= 4 is 40.7 Å². The lowest BCUT2D eigenvalue weighted by Crippen LogP contribution is -2.14. The van der Waals surface area contributed by atoms with Gasteiger partial charge in [-0.05, 0) is 31.2 Å². The molecule has 2 aromatic heterocycles. The first-order valence-electron chi connectivity index (χ1n) is 5.93. The number of hydrogen-bond acceptors (Lipinski definition) is 4. The number of amides is 1. The van der Waals surface area contributed by atoms with E-state index in [1.165, 1.54) is 12.3 Å².